The maximum atomic E-state index is 12.5. The zero-order valence-corrected chi connectivity index (χ0v) is 15.7. The molecule has 0 atom stereocenters. The second-order valence-electron chi connectivity index (χ2n) is 8.13. The first-order chi connectivity index (χ1) is 10.1. The first-order valence-electron chi connectivity index (χ1n) is 7.84. The third-order valence-electron chi connectivity index (χ3n) is 5.60. The molecule has 120 valence electrons. The van der Waals surface area contributed by atoms with Gasteiger partial charge in [0.1, 0.15) is 0 Å². The third kappa shape index (κ3) is 2.32. The summed E-state index contributed by atoms with van der Waals surface area (Å²) in [5, 5.41) is 3.86. The maximum absolute atomic E-state index is 12.5. The molecule has 0 unspecified atom stereocenters. The molecule has 1 amide bonds. The van der Waals surface area contributed by atoms with Gasteiger partial charge < -0.3 is 9.74 Å². The first-order valence-corrected chi connectivity index (χ1v) is 11.1. The van der Waals surface area contributed by atoms with Crippen LogP contribution < -0.4 is 5.32 Å². The average molecular weight is 338 g/mol. The summed E-state index contributed by atoms with van der Waals surface area (Å²) in [6.45, 7) is 11.2. The van der Waals surface area contributed by atoms with Crippen molar-refractivity contribution in [3.63, 3.8) is 0 Å². The van der Waals surface area contributed by atoms with Crippen LogP contribution in [0.3, 0.4) is 0 Å². The summed E-state index contributed by atoms with van der Waals surface area (Å²) in [6, 6.07) is 5.64. The van der Waals surface area contributed by atoms with Crippen molar-refractivity contribution in [3.05, 3.63) is 28.8 Å². The molecule has 1 aliphatic heterocycles. The number of hydrogen-bond acceptors (Lipinski definition) is 2. The largest absolute Gasteiger partial charge is 0.414 e. The number of anilines is 1. The number of nitrogens with one attached hydrogen (secondary N) is 1. The van der Waals surface area contributed by atoms with Crippen LogP contribution in [0.25, 0.3) is 0 Å². The third-order valence-corrected chi connectivity index (χ3v) is 10.4. The van der Waals surface area contributed by atoms with Crippen LogP contribution in [0, 0.1) is 0 Å². The number of rotatable bonds is 2. The van der Waals surface area contributed by atoms with Crippen LogP contribution in [0.15, 0.2) is 18.2 Å². The van der Waals surface area contributed by atoms with Crippen molar-refractivity contribution in [2.24, 2.45) is 0 Å². The summed E-state index contributed by atoms with van der Waals surface area (Å²) in [7, 11) is -1.79. The van der Waals surface area contributed by atoms with Crippen molar-refractivity contribution in [1.82, 2.24) is 0 Å². The van der Waals surface area contributed by atoms with E-state index in [0.717, 1.165) is 24.1 Å². The highest BCUT2D eigenvalue weighted by Crippen LogP contribution is 2.54. The Bertz CT molecular complexity index is 630. The van der Waals surface area contributed by atoms with E-state index in [4.69, 9.17) is 16.0 Å². The Morgan fingerprint density at radius 3 is 2.55 bits per heavy atom. The fourth-order valence-corrected chi connectivity index (χ4v) is 4.71. The fourth-order valence-electron chi connectivity index (χ4n) is 3.19. The Labute approximate surface area is 138 Å². The molecule has 22 heavy (non-hydrogen) atoms. The molecule has 1 aliphatic carbocycles. The smallest absolute Gasteiger partial charge is 0.235 e. The van der Waals surface area contributed by atoms with Crippen LogP contribution in [-0.4, -0.2) is 20.3 Å². The molecular formula is C17H24ClNO2Si. The molecule has 1 spiro atoms. The maximum Gasteiger partial charge on any atom is 0.235 e. The Morgan fingerprint density at radius 1 is 1.32 bits per heavy atom. The van der Waals surface area contributed by atoms with Gasteiger partial charge in [-0.3, -0.25) is 4.79 Å². The van der Waals surface area contributed by atoms with Gasteiger partial charge in [-0.05, 0) is 54.7 Å². The van der Waals surface area contributed by atoms with E-state index in [9.17, 15) is 4.79 Å². The molecule has 2 aliphatic rings. The Balaban J connectivity index is 1.78. The lowest BCUT2D eigenvalue weighted by Gasteiger charge is -2.48. The van der Waals surface area contributed by atoms with E-state index in [-0.39, 0.29) is 17.0 Å². The summed E-state index contributed by atoms with van der Waals surface area (Å²) in [5.74, 6) is 0.0971. The van der Waals surface area contributed by atoms with Crippen molar-refractivity contribution >= 4 is 31.5 Å². The Morgan fingerprint density at radius 2 is 1.95 bits per heavy atom. The molecule has 0 bridgehead atoms. The van der Waals surface area contributed by atoms with Crippen molar-refractivity contribution in [3.8, 4) is 0 Å². The van der Waals surface area contributed by atoms with Crippen LogP contribution in [-0.2, 0) is 14.6 Å². The van der Waals surface area contributed by atoms with E-state index in [1.54, 1.807) is 0 Å². The van der Waals surface area contributed by atoms with Gasteiger partial charge in [0.2, 0.25) is 5.91 Å². The minimum Gasteiger partial charge on any atom is -0.414 e. The van der Waals surface area contributed by atoms with Crippen LogP contribution >= 0.6 is 11.6 Å². The average Bonchev–Trinajstić information content (AvgIpc) is 2.60. The zero-order valence-electron chi connectivity index (χ0n) is 13.9. The molecular weight excluding hydrogens is 314 g/mol. The molecule has 1 fully saturated rings. The van der Waals surface area contributed by atoms with E-state index in [2.05, 4.69) is 39.2 Å². The molecule has 0 aromatic heterocycles. The molecule has 0 radical (unpaired) electrons. The normalized spacial score (nSPS) is 27.5. The second-order valence-corrected chi connectivity index (χ2v) is 13.3. The predicted octanol–water partition coefficient (Wildman–Crippen LogP) is 4.71. The molecule has 1 aromatic rings. The molecule has 1 aromatic carbocycles. The lowest BCUT2D eigenvalue weighted by Crippen LogP contribution is -2.55. The van der Waals surface area contributed by atoms with Crippen LogP contribution in [0.5, 0.6) is 0 Å². The van der Waals surface area contributed by atoms with Gasteiger partial charge in [-0.2, -0.15) is 0 Å². The molecule has 3 nitrogen and oxygen atoms in total. The molecule has 1 saturated carbocycles. The number of carbonyl (C=O) groups excluding carboxylic acids is 1. The van der Waals surface area contributed by atoms with E-state index < -0.39 is 13.7 Å². The molecule has 3 rings (SSSR count). The van der Waals surface area contributed by atoms with Crippen molar-refractivity contribution < 1.29 is 9.22 Å². The lowest BCUT2D eigenvalue weighted by atomic mass is 9.63. The van der Waals surface area contributed by atoms with Crippen LogP contribution in [0.4, 0.5) is 5.69 Å². The van der Waals surface area contributed by atoms with Crippen molar-refractivity contribution in [2.75, 3.05) is 5.32 Å². The van der Waals surface area contributed by atoms with Gasteiger partial charge in [0.05, 0.1) is 5.41 Å². The fraction of sp³-hybridized carbons (Fsp3) is 0.588. The highest BCUT2D eigenvalue weighted by atomic mass is 35.5. The highest BCUT2D eigenvalue weighted by Gasteiger charge is 2.57. The number of hydrogen-bond donors (Lipinski definition) is 1. The number of carbonyl (C=O) groups is 1. The van der Waals surface area contributed by atoms with E-state index in [1.807, 2.05) is 18.2 Å². The summed E-state index contributed by atoms with van der Waals surface area (Å²) in [5.41, 5.74) is 1.52. The molecule has 1 N–H and O–H groups in total. The predicted molar refractivity (Wildman–Crippen MR) is 93.1 cm³/mol. The Kier molecular flexibility index (Phi) is 3.52. The van der Waals surface area contributed by atoms with Gasteiger partial charge in [0.25, 0.3) is 0 Å². The van der Waals surface area contributed by atoms with Gasteiger partial charge in [-0.1, -0.05) is 32.4 Å². The van der Waals surface area contributed by atoms with Gasteiger partial charge in [-0.15, -0.1) is 0 Å². The highest BCUT2D eigenvalue weighted by molar-refractivity contribution is 6.74. The summed E-state index contributed by atoms with van der Waals surface area (Å²) in [4.78, 5) is 12.5. The van der Waals surface area contributed by atoms with Crippen LogP contribution in [0.2, 0.25) is 23.2 Å². The Hall–Kier alpha value is -0.843. The molecule has 1 heterocycles. The molecule has 0 saturated heterocycles. The SMILES string of the molecule is CC(C)(C)[Si](C)(C)OC1CC2(C1)C(=O)Nc1ccc(Cl)cc12. The van der Waals surface area contributed by atoms with E-state index in [1.165, 1.54) is 0 Å². The second kappa shape index (κ2) is 4.82. The number of halogens is 1. The van der Waals surface area contributed by atoms with Crippen molar-refractivity contribution in [2.45, 2.75) is 63.3 Å². The summed E-state index contributed by atoms with van der Waals surface area (Å²) in [6.07, 6.45) is 1.70. The first kappa shape index (κ1) is 16.0. The minimum absolute atomic E-state index is 0.0971. The number of fused-ring (bicyclic) bond motifs is 2. The number of benzene rings is 1. The quantitative estimate of drug-likeness (QED) is 0.793. The van der Waals surface area contributed by atoms with E-state index in [0.29, 0.717) is 5.02 Å². The summed E-state index contributed by atoms with van der Waals surface area (Å²) >= 11 is 6.12. The number of amides is 1. The zero-order chi connectivity index (χ0) is 16.3. The van der Waals surface area contributed by atoms with Crippen LogP contribution in [0.1, 0.15) is 39.2 Å². The van der Waals surface area contributed by atoms with Gasteiger partial charge in [-0.25, -0.2) is 0 Å². The summed E-state index contributed by atoms with van der Waals surface area (Å²) < 4.78 is 6.44. The monoisotopic (exact) mass is 337 g/mol. The van der Waals surface area contributed by atoms with Gasteiger partial charge in [0.15, 0.2) is 8.32 Å². The van der Waals surface area contributed by atoms with E-state index >= 15 is 0 Å². The lowest BCUT2D eigenvalue weighted by molar-refractivity contribution is -0.127. The van der Waals surface area contributed by atoms with Crippen molar-refractivity contribution in [1.29, 1.82) is 0 Å². The van der Waals surface area contributed by atoms with Gasteiger partial charge in [0, 0.05) is 16.8 Å². The topological polar surface area (TPSA) is 38.3 Å². The molecule has 5 heteroatoms. The standard InChI is InChI=1S/C17H24ClNO2Si/c1-16(2,3)22(4,5)21-12-9-17(10-12)13-8-11(18)6-7-14(13)19-15(17)20/h6-8,12H,9-10H2,1-5H3,(H,19,20). The van der Waals surface area contributed by atoms with Gasteiger partial charge >= 0.3 is 0 Å². The minimum atomic E-state index is -1.79.